The average Bonchev–Trinajstić information content (AvgIpc) is 2.58. The van der Waals surface area contributed by atoms with Crippen LogP contribution in [0.4, 0.5) is 5.69 Å². The van der Waals surface area contributed by atoms with Crippen LogP contribution in [0.5, 0.6) is 5.75 Å². The third kappa shape index (κ3) is 3.24. The number of benzene rings is 1. The zero-order chi connectivity index (χ0) is 14.8. The van der Waals surface area contributed by atoms with E-state index < -0.39 is 0 Å². The number of nitrogen functional groups attached to an aromatic ring is 1. The molecule has 0 saturated carbocycles. The summed E-state index contributed by atoms with van der Waals surface area (Å²) in [6.45, 7) is 6.67. The van der Waals surface area contributed by atoms with Crippen LogP contribution in [-0.4, -0.2) is 26.0 Å². The Kier molecular flexibility index (Phi) is 4.21. The van der Waals surface area contributed by atoms with Crippen molar-refractivity contribution in [2.45, 2.75) is 33.1 Å². The van der Waals surface area contributed by atoms with E-state index in [1.54, 1.807) is 7.11 Å². The molecule has 1 heterocycles. The highest BCUT2D eigenvalue weighted by Crippen LogP contribution is 2.34. The molecule has 1 aromatic rings. The monoisotopic (exact) mass is 275 g/mol. The van der Waals surface area contributed by atoms with Gasteiger partial charge in [0.15, 0.2) is 0 Å². The molecule has 3 N–H and O–H groups in total. The number of nitrogens with zero attached hydrogens (tertiary/aromatic N) is 1. The van der Waals surface area contributed by atoms with E-state index in [1.165, 1.54) is 12.8 Å². The van der Waals surface area contributed by atoms with Crippen molar-refractivity contribution in [3.63, 3.8) is 0 Å². The highest BCUT2D eigenvalue weighted by atomic mass is 16.5. The number of rotatable bonds is 3. The van der Waals surface area contributed by atoms with Crippen LogP contribution in [0.25, 0.3) is 0 Å². The van der Waals surface area contributed by atoms with Crippen LogP contribution in [0.3, 0.4) is 0 Å². The molecule has 2 rings (SSSR count). The maximum Gasteiger partial charge on any atom is 0.124 e. The van der Waals surface area contributed by atoms with Gasteiger partial charge in [0.05, 0.1) is 12.8 Å². The summed E-state index contributed by atoms with van der Waals surface area (Å²) in [6.07, 6.45) is 3.56. The van der Waals surface area contributed by atoms with Crippen molar-refractivity contribution in [1.82, 2.24) is 0 Å². The van der Waals surface area contributed by atoms with E-state index >= 15 is 0 Å². The second-order valence-electron chi connectivity index (χ2n) is 6.30. The molecule has 1 aromatic carbocycles. The summed E-state index contributed by atoms with van der Waals surface area (Å²) in [5, 5.41) is 7.77. The van der Waals surface area contributed by atoms with Crippen LogP contribution < -0.4 is 15.4 Å². The summed E-state index contributed by atoms with van der Waals surface area (Å²) in [4.78, 5) is 2.34. The molecule has 1 fully saturated rings. The minimum Gasteiger partial charge on any atom is -0.497 e. The van der Waals surface area contributed by atoms with Gasteiger partial charge in [-0.2, -0.15) is 0 Å². The van der Waals surface area contributed by atoms with Gasteiger partial charge >= 0.3 is 0 Å². The molecule has 0 unspecified atom stereocenters. The van der Waals surface area contributed by atoms with Crippen LogP contribution in [-0.2, 0) is 0 Å². The van der Waals surface area contributed by atoms with Crippen molar-refractivity contribution in [1.29, 1.82) is 5.41 Å². The lowest BCUT2D eigenvalue weighted by molar-refractivity contribution is 0.325. The molecule has 0 spiro atoms. The van der Waals surface area contributed by atoms with Crippen molar-refractivity contribution in [2.75, 3.05) is 25.1 Å². The van der Waals surface area contributed by atoms with Crippen LogP contribution in [0.15, 0.2) is 18.2 Å². The lowest BCUT2D eigenvalue weighted by Gasteiger charge is -2.27. The molecule has 1 aliphatic heterocycles. The van der Waals surface area contributed by atoms with Gasteiger partial charge in [-0.05, 0) is 36.8 Å². The number of amidine groups is 1. The Labute approximate surface area is 121 Å². The van der Waals surface area contributed by atoms with Crippen LogP contribution in [0, 0.1) is 10.8 Å². The van der Waals surface area contributed by atoms with E-state index in [0.29, 0.717) is 5.41 Å². The van der Waals surface area contributed by atoms with Gasteiger partial charge in [-0.1, -0.05) is 13.8 Å². The topological polar surface area (TPSA) is 62.3 Å². The van der Waals surface area contributed by atoms with Crippen LogP contribution in [0.2, 0.25) is 0 Å². The van der Waals surface area contributed by atoms with Gasteiger partial charge in [-0.15, -0.1) is 0 Å². The van der Waals surface area contributed by atoms with Gasteiger partial charge in [-0.3, -0.25) is 5.41 Å². The molecule has 4 heteroatoms. The Balaban J connectivity index is 2.32. The standard InChI is InChI=1S/C16H25N3O/c1-16(2)7-4-9-19(10-8-16)14-11-12(20-3)5-6-13(14)15(17)18/h5-6,11H,4,7-10H2,1-3H3,(H3,17,18). The summed E-state index contributed by atoms with van der Waals surface area (Å²) in [5.74, 6) is 0.930. The Morgan fingerprint density at radius 1 is 1.30 bits per heavy atom. The lowest BCUT2D eigenvalue weighted by Crippen LogP contribution is -2.28. The van der Waals surface area contributed by atoms with Crippen molar-refractivity contribution < 1.29 is 4.74 Å². The second-order valence-corrected chi connectivity index (χ2v) is 6.30. The number of anilines is 1. The molecule has 0 atom stereocenters. The van der Waals surface area contributed by atoms with Crippen LogP contribution >= 0.6 is 0 Å². The number of nitrogens with two attached hydrogens (primary N) is 1. The molecule has 110 valence electrons. The molecule has 4 nitrogen and oxygen atoms in total. The number of hydrogen-bond donors (Lipinski definition) is 2. The molecule has 0 aromatic heterocycles. The van der Waals surface area contributed by atoms with E-state index in [-0.39, 0.29) is 5.84 Å². The molecule has 0 bridgehead atoms. The molecule has 1 aliphatic rings. The maximum atomic E-state index is 7.77. The van der Waals surface area contributed by atoms with Gasteiger partial charge in [0.25, 0.3) is 0 Å². The predicted molar refractivity (Wildman–Crippen MR) is 83.9 cm³/mol. The first-order chi connectivity index (χ1) is 9.43. The first kappa shape index (κ1) is 14.7. The van der Waals surface area contributed by atoms with Gasteiger partial charge in [0.1, 0.15) is 11.6 Å². The Morgan fingerprint density at radius 3 is 2.70 bits per heavy atom. The second kappa shape index (κ2) is 5.73. The number of ether oxygens (including phenoxy) is 1. The summed E-state index contributed by atoms with van der Waals surface area (Å²) >= 11 is 0. The van der Waals surface area contributed by atoms with Crippen molar-refractivity contribution >= 4 is 11.5 Å². The fourth-order valence-corrected chi connectivity index (χ4v) is 2.79. The minimum absolute atomic E-state index is 0.117. The lowest BCUT2D eigenvalue weighted by atomic mass is 9.85. The Morgan fingerprint density at radius 2 is 2.05 bits per heavy atom. The third-order valence-corrected chi connectivity index (χ3v) is 4.18. The Bertz CT molecular complexity index is 496. The quantitative estimate of drug-likeness (QED) is 0.658. The normalized spacial score (nSPS) is 18.4. The fourth-order valence-electron chi connectivity index (χ4n) is 2.79. The summed E-state index contributed by atoms with van der Waals surface area (Å²) in [7, 11) is 1.66. The third-order valence-electron chi connectivity index (χ3n) is 4.18. The van der Waals surface area contributed by atoms with E-state index in [0.717, 1.165) is 36.5 Å². The molecular formula is C16H25N3O. The minimum atomic E-state index is 0.117. The predicted octanol–water partition coefficient (Wildman–Crippen LogP) is 3.00. The van der Waals surface area contributed by atoms with Crippen molar-refractivity contribution in [3.05, 3.63) is 23.8 Å². The van der Waals surface area contributed by atoms with E-state index in [4.69, 9.17) is 15.9 Å². The fraction of sp³-hybridized carbons (Fsp3) is 0.562. The Hall–Kier alpha value is -1.71. The molecule has 1 saturated heterocycles. The zero-order valence-corrected chi connectivity index (χ0v) is 12.7. The molecule has 0 radical (unpaired) electrons. The first-order valence-electron chi connectivity index (χ1n) is 7.20. The SMILES string of the molecule is COc1ccc(C(=N)N)c(N2CCCC(C)(C)CC2)c1. The number of methoxy groups -OCH3 is 1. The summed E-state index contributed by atoms with van der Waals surface area (Å²) in [5.41, 5.74) is 7.93. The van der Waals surface area contributed by atoms with Gasteiger partial charge < -0.3 is 15.4 Å². The molecule has 20 heavy (non-hydrogen) atoms. The zero-order valence-electron chi connectivity index (χ0n) is 12.7. The summed E-state index contributed by atoms with van der Waals surface area (Å²) in [6, 6.07) is 5.74. The van der Waals surface area contributed by atoms with Crippen LogP contribution in [0.1, 0.15) is 38.7 Å². The van der Waals surface area contributed by atoms with Gasteiger partial charge in [0, 0.05) is 24.7 Å². The smallest absolute Gasteiger partial charge is 0.124 e. The van der Waals surface area contributed by atoms with Gasteiger partial charge in [0.2, 0.25) is 0 Å². The van der Waals surface area contributed by atoms with E-state index in [2.05, 4.69) is 18.7 Å². The number of hydrogen-bond acceptors (Lipinski definition) is 3. The molecule has 0 amide bonds. The summed E-state index contributed by atoms with van der Waals surface area (Å²) < 4.78 is 5.31. The van der Waals surface area contributed by atoms with Crippen molar-refractivity contribution in [3.8, 4) is 5.75 Å². The first-order valence-corrected chi connectivity index (χ1v) is 7.20. The molecular weight excluding hydrogens is 250 g/mol. The van der Waals surface area contributed by atoms with Gasteiger partial charge in [-0.25, -0.2) is 0 Å². The van der Waals surface area contributed by atoms with E-state index in [1.807, 2.05) is 18.2 Å². The number of nitrogens with one attached hydrogen (secondary N) is 1. The highest BCUT2D eigenvalue weighted by molar-refractivity contribution is 6.00. The largest absolute Gasteiger partial charge is 0.497 e. The highest BCUT2D eigenvalue weighted by Gasteiger charge is 2.24. The van der Waals surface area contributed by atoms with E-state index in [9.17, 15) is 0 Å². The average molecular weight is 275 g/mol. The molecule has 0 aliphatic carbocycles. The maximum absolute atomic E-state index is 7.77. The van der Waals surface area contributed by atoms with Crippen molar-refractivity contribution in [2.24, 2.45) is 11.1 Å².